The molecular weight excluding hydrogens is 240 g/mol. The Morgan fingerprint density at radius 2 is 2.00 bits per heavy atom. The van der Waals surface area contributed by atoms with Crippen LogP contribution >= 0.6 is 11.3 Å². The van der Waals surface area contributed by atoms with E-state index < -0.39 is 0 Å². The molecule has 4 rings (SSSR count). The Labute approximate surface area is 111 Å². The van der Waals surface area contributed by atoms with Gasteiger partial charge in [0.1, 0.15) is 0 Å². The predicted molar refractivity (Wildman–Crippen MR) is 75.9 cm³/mol. The molecule has 2 N–H and O–H groups in total. The molecule has 0 saturated heterocycles. The lowest BCUT2D eigenvalue weighted by Crippen LogP contribution is -2.33. The topological polar surface area (TPSA) is 38.9 Å². The van der Waals surface area contributed by atoms with Crippen LogP contribution in [-0.2, 0) is 5.54 Å². The number of hydrogen-bond donors (Lipinski definition) is 1. The molecule has 0 amide bonds. The Morgan fingerprint density at radius 3 is 2.72 bits per heavy atom. The zero-order valence-corrected chi connectivity index (χ0v) is 11.3. The van der Waals surface area contributed by atoms with Gasteiger partial charge in [0.15, 0.2) is 0 Å². The van der Waals surface area contributed by atoms with E-state index in [-0.39, 0.29) is 5.54 Å². The van der Waals surface area contributed by atoms with E-state index >= 15 is 0 Å². The SMILES string of the molecule is NC1(c2cccc3sc(C4CC4)nc23)CCCC1. The van der Waals surface area contributed by atoms with E-state index in [1.54, 1.807) is 0 Å². The molecule has 18 heavy (non-hydrogen) atoms. The predicted octanol–water partition coefficient (Wildman–Crippen LogP) is 3.90. The first kappa shape index (κ1) is 10.9. The molecule has 1 aromatic carbocycles. The van der Waals surface area contributed by atoms with Crippen molar-refractivity contribution in [3.8, 4) is 0 Å². The van der Waals surface area contributed by atoms with Gasteiger partial charge in [-0.05, 0) is 37.3 Å². The summed E-state index contributed by atoms with van der Waals surface area (Å²) in [5, 5.41) is 1.33. The lowest BCUT2D eigenvalue weighted by Gasteiger charge is -2.24. The molecule has 2 nitrogen and oxygen atoms in total. The van der Waals surface area contributed by atoms with Crippen LogP contribution < -0.4 is 5.73 Å². The van der Waals surface area contributed by atoms with Gasteiger partial charge in [-0.2, -0.15) is 0 Å². The lowest BCUT2D eigenvalue weighted by atomic mass is 9.89. The molecule has 0 unspecified atom stereocenters. The Bertz CT molecular complexity index is 592. The van der Waals surface area contributed by atoms with Crippen molar-refractivity contribution in [2.75, 3.05) is 0 Å². The third-order valence-electron chi connectivity index (χ3n) is 4.39. The van der Waals surface area contributed by atoms with E-state index in [0.717, 1.165) is 18.8 Å². The maximum absolute atomic E-state index is 6.61. The second kappa shape index (κ2) is 3.78. The Kier molecular flexibility index (Phi) is 2.30. The van der Waals surface area contributed by atoms with Crippen LogP contribution in [0.5, 0.6) is 0 Å². The van der Waals surface area contributed by atoms with Gasteiger partial charge in [0.2, 0.25) is 0 Å². The van der Waals surface area contributed by atoms with Crippen molar-refractivity contribution in [1.29, 1.82) is 0 Å². The van der Waals surface area contributed by atoms with E-state index in [9.17, 15) is 0 Å². The standard InChI is InChI=1S/C15H18N2S/c16-15(8-1-2-9-15)11-4-3-5-12-13(11)17-14(18-12)10-6-7-10/h3-5,10H,1-2,6-9,16H2. The monoisotopic (exact) mass is 258 g/mol. The first-order chi connectivity index (χ1) is 8.76. The molecule has 94 valence electrons. The van der Waals surface area contributed by atoms with Gasteiger partial charge < -0.3 is 5.73 Å². The Morgan fingerprint density at radius 1 is 1.22 bits per heavy atom. The molecule has 3 heteroatoms. The van der Waals surface area contributed by atoms with Crippen molar-refractivity contribution < 1.29 is 0 Å². The van der Waals surface area contributed by atoms with E-state index in [2.05, 4.69) is 18.2 Å². The van der Waals surface area contributed by atoms with Crippen LogP contribution in [0.2, 0.25) is 0 Å². The summed E-state index contributed by atoms with van der Waals surface area (Å²) in [5.74, 6) is 0.743. The number of fused-ring (bicyclic) bond motifs is 1. The molecule has 0 aliphatic heterocycles. The number of para-hydroxylation sites is 1. The van der Waals surface area contributed by atoms with Crippen LogP contribution in [0, 0.1) is 0 Å². The van der Waals surface area contributed by atoms with Crippen molar-refractivity contribution in [1.82, 2.24) is 4.98 Å². The number of nitrogens with zero attached hydrogens (tertiary/aromatic N) is 1. The fraction of sp³-hybridized carbons (Fsp3) is 0.533. The molecule has 2 saturated carbocycles. The maximum atomic E-state index is 6.61. The zero-order valence-electron chi connectivity index (χ0n) is 10.5. The molecule has 0 spiro atoms. The van der Waals surface area contributed by atoms with Gasteiger partial charge >= 0.3 is 0 Å². The van der Waals surface area contributed by atoms with Gasteiger partial charge in [-0.1, -0.05) is 25.0 Å². The summed E-state index contributed by atoms with van der Waals surface area (Å²) in [6, 6.07) is 6.55. The van der Waals surface area contributed by atoms with Crippen LogP contribution in [0.25, 0.3) is 10.2 Å². The summed E-state index contributed by atoms with van der Waals surface area (Å²) < 4.78 is 1.33. The van der Waals surface area contributed by atoms with Gasteiger partial charge in [-0.3, -0.25) is 0 Å². The van der Waals surface area contributed by atoms with Crippen molar-refractivity contribution in [3.63, 3.8) is 0 Å². The number of rotatable bonds is 2. The quantitative estimate of drug-likeness (QED) is 0.887. The molecule has 0 bridgehead atoms. The van der Waals surface area contributed by atoms with Crippen LogP contribution in [-0.4, -0.2) is 4.98 Å². The van der Waals surface area contributed by atoms with E-state index in [4.69, 9.17) is 10.7 Å². The third kappa shape index (κ3) is 1.61. The Balaban J connectivity index is 1.88. The zero-order chi connectivity index (χ0) is 12.2. The van der Waals surface area contributed by atoms with Crippen LogP contribution in [0.4, 0.5) is 0 Å². The first-order valence-corrected chi connectivity index (χ1v) is 7.77. The minimum atomic E-state index is -0.117. The van der Waals surface area contributed by atoms with Crippen LogP contribution in [0.3, 0.4) is 0 Å². The molecular formula is C15H18N2S. The van der Waals surface area contributed by atoms with Gasteiger partial charge in [-0.15, -0.1) is 11.3 Å². The van der Waals surface area contributed by atoms with Crippen LogP contribution in [0.15, 0.2) is 18.2 Å². The average Bonchev–Trinajstić information content (AvgIpc) is 2.98. The summed E-state index contributed by atoms with van der Waals surface area (Å²) in [4.78, 5) is 4.90. The third-order valence-corrected chi connectivity index (χ3v) is 5.58. The van der Waals surface area contributed by atoms with Gasteiger partial charge in [0.25, 0.3) is 0 Å². The van der Waals surface area contributed by atoms with Crippen molar-refractivity contribution in [2.45, 2.75) is 50.0 Å². The molecule has 2 fully saturated rings. The van der Waals surface area contributed by atoms with E-state index in [1.165, 1.54) is 46.5 Å². The van der Waals surface area contributed by atoms with E-state index in [0.29, 0.717) is 0 Å². The fourth-order valence-corrected chi connectivity index (χ4v) is 4.31. The van der Waals surface area contributed by atoms with Crippen molar-refractivity contribution in [2.24, 2.45) is 5.73 Å². The first-order valence-electron chi connectivity index (χ1n) is 6.95. The summed E-state index contributed by atoms with van der Waals surface area (Å²) in [7, 11) is 0. The summed E-state index contributed by atoms with van der Waals surface area (Å²) in [6.07, 6.45) is 7.38. The lowest BCUT2D eigenvalue weighted by molar-refractivity contribution is 0.465. The molecule has 2 aliphatic rings. The fourth-order valence-electron chi connectivity index (χ4n) is 3.15. The summed E-state index contributed by atoms with van der Waals surface area (Å²) in [6.45, 7) is 0. The van der Waals surface area contributed by atoms with E-state index in [1.807, 2.05) is 11.3 Å². The maximum Gasteiger partial charge on any atom is 0.0969 e. The summed E-state index contributed by atoms with van der Waals surface area (Å²) in [5.41, 5.74) is 8.98. The highest BCUT2D eigenvalue weighted by molar-refractivity contribution is 7.18. The second-order valence-corrected chi connectivity index (χ2v) is 6.90. The highest BCUT2D eigenvalue weighted by Crippen LogP contribution is 2.45. The molecule has 1 aromatic heterocycles. The number of thiazole rings is 1. The van der Waals surface area contributed by atoms with Gasteiger partial charge in [-0.25, -0.2) is 4.98 Å². The normalized spacial score (nSPS) is 22.7. The smallest absolute Gasteiger partial charge is 0.0969 e. The molecule has 0 radical (unpaired) electrons. The largest absolute Gasteiger partial charge is 0.321 e. The second-order valence-electron chi connectivity index (χ2n) is 5.84. The minimum absolute atomic E-state index is 0.117. The van der Waals surface area contributed by atoms with Gasteiger partial charge in [0.05, 0.1) is 15.2 Å². The highest BCUT2D eigenvalue weighted by Gasteiger charge is 2.34. The van der Waals surface area contributed by atoms with Crippen molar-refractivity contribution >= 4 is 21.6 Å². The van der Waals surface area contributed by atoms with Gasteiger partial charge in [0, 0.05) is 11.5 Å². The average molecular weight is 258 g/mol. The Hall–Kier alpha value is -0.930. The molecule has 0 atom stereocenters. The molecule has 1 heterocycles. The number of aromatic nitrogens is 1. The number of nitrogens with two attached hydrogens (primary N) is 1. The number of hydrogen-bond acceptors (Lipinski definition) is 3. The molecule has 2 aliphatic carbocycles. The van der Waals surface area contributed by atoms with Crippen molar-refractivity contribution in [3.05, 3.63) is 28.8 Å². The van der Waals surface area contributed by atoms with Crippen LogP contribution in [0.1, 0.15) is 55.0 Å². The summed E-state index contributed by atoms with van der Waals surface area (Å²) >= 11 is 1.87. The highest BCUT2D eigenvalue weighted by atomic mass is 32.1. The number of benzene rings is 1. The molecule has 2 aromatic rings. The minimum Gasteiger partial charge on any atom is -0.321 e.